The second kappa shape index (κ2) is 5.86. The van der Waals surface area contributed by atoms with Crippen molar-refractivity contribution in [1.82, 2.24) is 9.47 Å². The van der Waals surface area contributed by atoms with Crippen LogP contribution in [0.5, 0.6) is 0 Å². The number of hydrogen-bond donors (Lipinski definition) is 0. The molecule has 3 nitrogen and oxygen atoms in total. The molecule has 0 N–H and O–H groups in total. The van der Waals surface area contributed by atoms with Crippen molar-refractivity contribution in [2.24, 2.45) is 7.05 Å². The van der Waals surface area contributed by atoms with E-state index in [1.54, 1.807) is 17.7 Å². The molecule has 21 heavy (non-hydrogen) atoms. The Bertz CT molecular complexity index is 690. The molecule has 110 valence electrons. The first kappa shape index (κ1) is 14.1. The second-order valence-corrected chi connectivity index (χ2v) is 6.03. The van der Waals surface area contributed by atoms with Gasteiger partial charge in [-0.3, -0.25) is 9.69 Å². The molecule has 1 fully saturated rings. The van der Waals surface area contributed by atoms with Gasteiger partial charge in [0, 0.05) is 31.9 Å². The summed E-state index contributed by atoms with van der Waals surface area (Å²) in [6.45, 7) is 4.52. The predicted molar refractivity (Wildman–Crippen MR) is 86.2 cm³/mol. The van der Waals surface area contributed by atoms with Crippen LogP contribution in [0.1, 0.15) is 25.3 Å². The minimum Gasteiger partial charge on any atom is -0.318 e. The Kier molecular flexibility index (Phi) is 3.93. The maximum absolute atomic E-state index is 11.5. The summed E-state index contributed by atoms with van der Waals surface area (Å²) in [5.41, 5.74) is 3.64. The van der Waals surface area contributed by atoms with Gasteiger partial charge in [0.1, 0.15) is 0 Å². The molecule has 1 unspecified atom stereocenters. The van der Waals surface area contributed by atoms with E-state index in [-0.39, 0.29) is 5.56 Å². The largest absolute Gasteiger partial charge is 0.318 e. The number of benzene rings is 1. The molecule has 0 saturated carbocycles. The van der Waals surface area contributed by atoms with E-state index in [2.05, 4.69) is 36.1 Å². The van der Waals surface area contributed by atoms with E-state index in [0.29, 0.717) is 6.04 Å². The lowest BCUT2D eigenvalue weighted by molar-refractivity contribution is 0.260. The van der Waals surface area contributed by atoms with Gasteiger partial charge in [-0.15, -0.1) is 0 Å². The summed E-state index contributed by atoms with van der Waals surface area (Å²) >= 11 is 0. The molecule has 1 atom stereocenters. The van der Waals surface area contributed by atoms with Crippen LogP contribution in [0.3, 0.4) is 0 Å². The molecule has 2 heterocycles. The van der Waals surface area contributed by atoms with Gasteiger partial charge in [-0.1, -0.05) is 18.2 Å². The molecule has 1 aliphatic rings. The number of nitrogens with zero attached hydrogens (tertiary/aromatic N) is 2. The molecule has 1 aromatic carbocycles. The fourth-order valence-electron chi connectivity index (χ4n) is 3.08. The molecule has 0 amide bonds. The molecule has 3 heteroatoms. The van der Waals surface area contributed by atoms with E-state index in [0.717, 1.165) is 12.1 Å². The van der Waals surface area contributed by atoms with Crippen molar-refractivity contribution in [3.8, 4) is 11.1 Å². The van der Waals surface area contributed by atoms with Gasteiger partial charge in [0.25, 0.3) is 0 Å². The lowest BCUT2D eigenvalue weighted by atomic mass is 10.0. The second-order valence-electron chi connectivity index (χ2n) is 6.03. The summed E-state index contributed by atoms with van der Waals surface area (Å²) in [6, 6.07) is 12.9. The van der Waals surface area contributed by atoms with E-state index in [9.17, 15) is 4.79 Å². The normalized spacial score (nSPS) is 19.0. The standard InChI is InChI=1S/C18H22N2O/c1-14-5-4-10-20(14)12-15-6-3-7-16(11-15)17-8-9-18(21)19(2)13-17/h3,6-9,11,13-14H,4-5,10,12H2,1-2H3. The summed E-state index contributed by atoms with van der Waals surface area (Å²) in [4.78, 5) is 14.0. The van der Waals surface area contributed by atoms with Crippen LogP contribution < -0.4 is 5.56 Å². The predicted octanol–water partition coefficient (Wildman–Crippen LogP) is 3.04. The van der Waals surface area contributed by atoms with Crippen LogP contribution in [0.25, 0.3) is 11.1 Å². The highest BCUT2D eigenvalue weighted by Gasteiger charge is 2.19. The minimum absolute atomic E-state index is 0.0285. The highest BCUT2D eigenvalue weighted by Crippen LogP contribution is 2.23. The van der Waals surface area contributed by atoms with Crippen LogP contribution in [0.15, 0.2) is 47.4 Å². The molecular formula is C18H22N2O. The van der Waals surface area contributed by atoms with E-state index >= 15 is 0 Å². The Morgan fingerprint density at radius 1 is 1.19 bits per heavy atom. The highest BCUT2D eigenvalue weighted by molar-refractivity contribution is 5.63. The van der Waals surface area contributed by atoms with E-state index in [4.69, 9.17) is 0 Å². The molecule has 1 aromatic heterocycles. The third-order valence-corrected chi connectivity index (χ3v) is 4.42. The number of aryl methyl sites for hydroxylation is 1. The fraction of sp³-hybridized carbons (Fsp3) is 0.389. The molecule has 0 bridgehead atoms. The van der Waals surface area contributed by atoms with Crippen molar-refractivity contribution in [1.29, 1.82) is 0 Å². The van der Waals surface area contributed by atoms with Crippen LogP contribution in [-0.2, 0) is 13.6 Å². The van der Waals surface area contributed by atoms with E-state index < -0.39 is 0 Å². The number of likely N-dealkylation sites (tertiary alicyclic amines) is 1. The Hall–Kier alpha value is -1.87. The van der Waals surface area contributed by atoms with Gasteiger partial charge in [-0.25, -0.2) is 0 Å². The first-order valence-corrected chi connectivity index (χ1v) is 7.63. The number of aromatic nitrogens is 1. The zero-order valence-corrected chi connectivity index (χ0v) is 12.7. The van der Waals surface area contributed by atoms with Gasteiger partial charge >= 0.3 is 0 Å². The summed E-state index contributed by atoms with van der Waals surface area (Å²) in [5, 5.41) is 0. The van der Waals surface area contributed by atoms with Crippen LogP contribution in [0, 0.1) is 0 Å². The molecule has 0 spiro atoms. The van der Waals surface area contributed by atoms with Gasteiger partial charge in [0.15, 0.2) is 0 Å². The molecule has 2 aromatic rings. The Morgan fingerprint density at radius 2 is 2.05 bits per heavy atom. The first-order chi connectivity index (χ1) is 10.1. The summed E-state index contributed by atoms with van der Waals surface area (Å²) < 4.78 is 1.63. The lowest BCUT2D eigenvalue weighted by Crippen LogP contribution is -2.26. The van der Waals surface area contributed by atoms with Gasteiger partial charge < -0.3 is 4.57 Å². The average Bonchev–Trinajstić information content (AvgIpc) is 2.88. The molecular weight excluding hydrogens is 260 g/mol. The van der Waals surface area contributed by atoms with Gasteiger partial charge in [-0.05, 0) is 55.1 Å². The summed E-state index contributed by atoms with van der Waals surface area (Å²) in [5.74, 6) is 0. The molecule has 3 rings (SSSR count). The van der Waals surface area contributed by atoms with E-state index in [1.165, 1.54) is 30.5 Å². The molecule has 0 aliphatic carbocycles. The van der Waals surface area contributed by atoms with E-state index in [1.807, 2.05) is 12.3 Å². The molecule has 1 aliphatic heterocycles. The maximum atomic E-state index is 11.5. The van der Waals surface area contributed by atoms with Crippen LogP contribution in [0.4, 0.5) is 0 Å². The zero-order valence-electron chi connectivity index (χ0n) is 12.7. The van der Waals surface area contributed by atoms with Crippen LogP contribution in [0.2, 0.25) is 0 Å². The van der Waals surface area contributed by atoms with Gasteiger partial charge in [0.05, 0.1) is 0 Å². The zero-order chi connectivity index (χ0) is 14.8. The van der Waals surface area contributed by atoms with Crippen molar-refractivity contribution in [2.45, 2.75) is 32.4 Å². The lowest BCUT2D eigenvalue weighted by Gasteiger charge is -2.21. The van der Waals surface area contributed by atoms with Gasteiger partial charge in [-0.2, -0.15) is 0 Å². The Balaban J connectivity index is 1.85. The SMILES string of the molecule is CC1CCCN1Cc1cccc(-c2ccc(=O)n(C)c2)c1. The van der Waals surface area contributed by atoms with Crippen LogP contribution >= 0.6 is 0 Å². The average molecular weight is 282 g/mol. The van der Waals surface area contributed by atoms with Crippen molar-refractivity contribution >= 4 is 0 Å². The van der Waals surface area contributed by atoms with Crippen molar-refractivity contribution in [3.05, 3.63) is 58.5 Å². The van der Waals surface area contributed by atoms with Crippen molar-refractivity contribution in [2.75, 3.05) is 6.54 Å². The van der Waals surface area contributed by atoms with Crippen LogP contribution in [-0.4, -0.2) is 22.1 Å². The van der Waals surface area contributed by atoms with Gasteiger partial charge in [0.2, 0.25) is 5.56 Å². The number of pyridine rings is 1. The number of hydrogen-bond acceptors (Lipinski definition) is 2. The summed E-state index contributed by atoms with van der Waals surface area (Å²) in [7, 11) is 1.79. The third-order valence-electron chi connectivity index (χ3n) is 4.42. The number of rotatable bonds is 3. The quantitative estimate of drug-likeness (QED) is 0.864. The minimum atomic E-state index is 0.0285. The smallest absolute Gasteiger partial charge is 0.250 e. The highest BCUT2D eigenvalue weighted by atomic mass is 16.1. The molecule has 1 saturated heterocycles. The third kappa shape index (κ3) is 3.08. The van der Waals surface area contributed by atoms with Crippen molar-refractivity contribution in [3.63, 3.8) is 0 Å². The Morgan fingerprint density at radius 3 is 2.76 bits per heavy atom. The fourth-order valence-corrected chi connectivity index (χ4v) is 3.08. The molecule has 0 radical (unpaired) electrons. The van der Waals surface area contributed by atoms with Crippen molar-refractivity contribution < 1.29 is 0 Å². The maximum Gasteiger partial charge on any atom is 0.250 e. The monoisotopic (exact) mass is 282 g/mol. The Labute approximate surface area is 125 Å². The topological polar surface area (TPSA) is 25.2 Å². The first-order valence-electron chi connectivity index (χ1n) is 7.63. The summed E-state index contributed by atoms with van der Waals surface area (Å²) in [6.07, 6.45) is 4.52.